The van der Waals surface area contributed by atoms with E-state index in [1.165, 1.54) is 4.88 Å². The predicted octanol–water partition coefficient (Wildman–Crippen LogP) is 3.56. The average Bonchev–Trinajstić information content (AvgIpc) is 2.95. The van der Waals surface area contributed by atoms with E-state index in [-0.39, 0.29) is 30.1 Å². The Bertz CT molecular complexity index is 736. The summed E-state index contributed by atoms with van der Waals surface area (Å²) in [6.07, 6.45) is 0.905. The second-order valence-electron chi connectivity index (χ2n) is 5.95. The van der Waals surface area contributed by atoms with Crippen molar-refractivity contribution in [3.63, 3.8) is 0 Å². The molecule has 2 aromatic rings. The molecular formula is C19H29IN4O2S. The van der Waals surface area contributed by atoms with Crippen LogP contribution in [0.5, 0.6) is 11.5 Å². The lowest BCUT2D eigenvalue weighted by molar-refractivity contribution is 0.213. The summed E-state index contributed by atoms with van der Waals surface area (Å²) in [4.78, 5) is 10.0. The molecule has 0 amide bonds. The second kappa shape index (κ2) is 12.0. The van der Waals surface area contributed by atoms with Crippen LogP contribution in [-0.2, 0) is 6.42 Å². The summed E-state index contributed by atoms with van der Waals surface area (Å²) >= 11 is 1.75. The van der Waals surface area contributed by atoms with E-state index in [1.54, 1.807) is 25.5 Å². The van der Waals surface area contributed by atoms with E-state index in [0.29, 0.717) is 6.54 Å². The SMILES string of the molecule is CN=C(NCCc1sc(C)nc1C)NCC(C)Oc1ccccc1OC.I. The highest BCUT2D eigenvalue weighted by Gasteiger charge is 2.10. The Kier molecular flexibility index (Phi) is 10.5. The van der Waals surface area contributed by atoms with E-state index in [9.17, 15) is 0 Å². The molecule has 1 unspecified atom stereocenters. The van der Waals surface area contributed by atoms with Gasteiger partial charge in [-0.25, -0.2) is 4.98 Å². The van der Waals surface area contributed by atoms with Gasteiger partial charge >= 0.3 is 0 Å². The van der Waals surface area contributed by atoms with Gasteiger partial charge in [-0.05, 0) is 32.9 Å². The number of guanidine groups is 1. The molecule has 0 spiro atoms. The Labute approximate surface area is 182 Å². The number of aromatic nitrogens is 1. The van der Waals surface area contributed by atoms with Crippen molar-refractivity contribution < 1.29 is 9.47 Å². The molecule has 0 aliphatic carbocycles. The molecule has 1 atom stereocenters. The van der Waals surface area contributed by atoms with Crippen LogP contribution in [0.4, 0.5) is 0 Å². The minimum Gasteiger partial charge on any atom is -0.493 e. The zero-order valence-corrected chi connectivity index (χ0v) is 19.7. The number of rotatable bonds is 8. The Morgan fingerprint density at radius 2 is 1.93 bits per heavy atom. The van der Waals surface area contributed by atoms with Crippen LogP contribution in [-0.4, -0.2) is 44.3 Å². The van der Waals surface area contributed by atoms with Gasteiger partial charge in [-0.15, -0.1) is 35.3 Å². The van der Waals surface area contributed by atoms with Crippen LogP contribution in [0.1, 0.15) is 22.5 Å². The maximum atomic E-state index is 5.95. The lowest BCUT2D eigenvalue weighted by atomic mass is 10.3. The molecule has 27 heavy (non-hydrogen) atoms. The largest absolute Gasteiger partial charge is 0.493 e. The maximum Gasteiger partial charge on any atom is 0.191 e. The Balaban J connectivity index is 0.00000364. The third-order valence-corrected chi connectivity index (χ3v) is 4.95. The van der Waals surface area contributed by atoms with Crippen molar-refractivity contribution in [1.29, 1.82) is 0 Å². The summed E-state index contributed by atoms with van der Waals surface area (Å²) in [5.41, 5.74) is 1.12. The molecule has 6 nitrogen and oxygen atoms in total. The van der Waals surface area contributed by atoms with Gasteiger partial charge in [-0.3, -0.25) is 4.99 Å². The molecule has 2 rings (SSSR count). The highest BCUT2D eigenvalue weighted by molar-refractivity contribution is 14.0. The summed E-state index contributed by atoms with van der Waals surface area (Å²) in [7, 11) is 3.41. The van der Waals surface area contributed by atoms with Crippen LogP contribution in [0.25, 0.3) is 0 Å². The summed E-state index contributed by atoms with van der Waals surface area (Å²) in [5.74, 6) is 2.24. The van der Waals surface area contributed by atoms with Crippen LogP contribution in [0, 0.1) is 13.8 Å². The van der Waals surface area contributed by atoms with Gasteiger partial charge < -0.3 is 20.1 Å². The van der Waals surface area contributed by atoms with Crippen LogP contribution < -0.4 is 20.1 Å². The number of aryl methyl sites for hydroxylation is 2. The number of hydrogen-bond acceptors (Lipinski definition) is 5. The van der Waals surface area contributed by atoms with Crippen LogP contribution in [0.3, 0.4) is 0 Å². The molecule has 0 aliphatic rings. The smallest absolute Gasteiger partial charge is 0.191 e. The van der Waals surface area contributed by atoms with Crippen molar-refractivity contribution in [2.45, 2.75) is 33.3 Å². The van der Waals surface area contributed by atoms with Crippen LogP contribution in [0.15, 0.2) is 29.3 Å². The minimum atomic E-state index is -0.0313. The molecule has 0 saturated carbocycles. The quantitative estimate of drug-likeness (QED) is 0.327. The molecule has 0 bridgehead atoms. The number of benzene rings is 1. The molecule has 1 aromatic carbocycles. The third kappa shape index (κ3) is 7.53. The van der Waals surface area contributed by atoms with Gasteiger partial charge in [-0.1, -0.05) is 12.1 Å². The highest BCUT2D eigenvalue weighted by Crippen LogP contribution is 2.26. The Hall–Kier alpha value is -1.55. The number of thiazole rings is 1. The first kappa shape index (κ1) is 23.5. The van der Waals surface area contributed by atoms with Crippen molar-refractivity contribution in [3.8, 4) is 11.5 Å². The van der Waals surface area contributed by atoms with Gasteiger partial charge in [0.2, 0.25) is 0 Å². The van der Waals surface area contributed by atoms with Gasteiger partial charge in [0, 0.05) is 24.9 Å². The maximum absolute atomic E-state index is 5.95. The molecule has 1 aromatic heterocycles. The number of halogens is 1. The fraction of sp³-hybridized carbons (Fsp3) is 0.474. The summed E-state index contributed by atoms with van der Waals surface area (Å²) in [6.45, 7) is 7.55. The fourth-order valence-electron chi connectivity index (χ4n) is 2.54. The molecule has 0 fully saturated rings. The number of nitrogens with one attached hydrogen (secondary N) is 2. The number of hydrogen-bond donors (Lipinski definition) is 2. The summed E-state index contributed by atoms with van der Waals surface area (Å²) in [5, 5.41) is 7.74. The van der Waals surface area contributed by atoms with Gasteiger partial charge in [0.15, 0.2) is 17.5 Å². The number of methoxy groups -OCH3 is 1. The van der Waals surface area contributed by atoms with E-state index >= 15 is 0 Å². The third-order valence-electron chi connectivity index (χ3n) is 3.82. The van der Waals surface area contributed by atoms with Gasteiger partial charge in [0.25, 0.3) is 0 Å². The van der Waals surface area contributed by atoms with Crippen LogP contribution >= 0.6 is 35.3 Å². The summed E-state index contributed by atoms with van der Waals surface area (Å²) < 4.78 is 11.3. The molecule has 0 radical (unpaired) electrons. The molecule has 0 aliphatic heterocycles. The lowest BCUT2D eigenvalue weighted by Crippen LogP contribution is -2.42. The second-order valence-corrected chi connectivity index (χ2v) is 7.24. The normalized spacial score (nSPS) is 12.1. The topological polar surface area (TPSA) is 67.8 Å². The summed E-state index contributed by atoms with van der Waals surface area (Å²) in [6, 6.07) is 7.65. The van der Waals surface area contributed by atoms with Gasteiger partial charge in [0.1, 0.15) is 6.10 Å². The van der Waals surface area contributed by atoms with Crippen molar-refractivity contribution in [2.75, 3.05) is 27.2 Å². The Morgan fingerprint density at radius 1 is 1.22 bits per heavy atom. The standard InChI is InChI=1S/C19H28N4O2S.HI/c1-13(25-17-9-7-6-8-16(17)24-5)12-22-19(20-4)21-11-10-18-14(2)23-15(3)26-18;/h6-9,13H,10-12H2,1-5H3,(H2,20,21,22);1H. The van der Waals surface area contributed by atoms with Gasteiger partial charge in [-0.2, -0.15) is 0 Å². The number of para-hydroxylation sites is 2. The molecule has 8 heteroatoms. The van der Waals surface area contributed by atoms with Gasteiger partial charge in [0.05, 0.1) is 24.4 Å². The van der Waals surface area contributed by atoms with E-state index in [4.69, 9.17) is 9.47 Å². The zero-order valence-electron chi connectivity index (χ0n) is 16.5. The fourth-order valence-corrected chi connectivity index (χ4v) is 3.47. The Morgan fingerprint density at radius 3 is 2.52 bits per heavy atom. The number of nitrogens with zero attached hydrogens (tertiary/aromatic N) is 2. The number of aliphatic imine (C=N–C) groups is 1. The van der Waals surface area contributed by atoms with E-state index in [0.717, 1.165) is 41.1 Å². The molecule has 2 N–H and O–H groups in total. The highest BCUT2D eigenvalue weighted by atomic mass is 127. The molecule has 150 valence electrons. The van der Waals surface area contributed by atoms with Crippen molar-refractivity contribution in [2.24, 2.45) is 4.99 Å². The van der Waals surface area contributed by atoms with E-state index < -0.39 is 0 Å². The predicted molar refractivity (Wildman–Crippen MR) is 123 cm³/mol. The molecule has 1 heterocycles. The van der Waals surface area contributed by atoms with E-state index in [2.05, 4.69) is 27.5 Å². The van der Waals surface area contributed by atoms with E-state index in [1.807, 2.05) is 38.1 Å². The lowest BCUT2D eigenvalue weighted by Gasteiger charge is -2.19. The number of ether oxygens (including phenoxy) is 2. The van der Waals surface area contributed by atoms with Crippen molar-refractivity contribution >= 4 is 41.3 Å². The minimum absolute atomic E-state index is 0. The van der Waals surface area contributed by atoms with Crippen molar-refractivity contribution in [1.82, 2.24) is 15.6 Å². The first-order valence-electron chi connectivity index (χ1n) is 8.70. The first-order chi connectivity index (χ1) is 12.5. The monoisotopic (exact) mass is 504 g/mol. The zero-order chi connectivity index (χ0) is 18.9. The molecule has 0 saturated heterocycles. The van der Waals surface area contributed by atoms with Crippen LogP contribution in [0.2, 0.25) is 0 Å². The van der Waals surface area contributed by atoms with Crippen molar-refractivity contribution in [3.05, 3.63) is 39.8 Å². The first-order valence-corrected chi connectivity index (χ1v) is 9.52. The average molecular weight is 504 g/mol. The molecular weight excluding hydrogens is 475 g/mol.